The third-order valence-corrected chi connectivity index (χ3v) is 6.48. The number of pyridine rings is 2. The Balaban J connectivity index is 1.29. The van der Waals surface area contributed by atoms with Gasteiger partial charge in [0.05, 0.1) is 19.2 Å². The number of ether oxygens (including phenoxy) is 4. The largest absolute Gasteiger partial charge is 0.485 e. The first kappa shape index (κ1) is 27.7. The van der Waals surface area contributed by atoms with Gasteiger partial charge >= 0.3 is 0 Å². The van der Waals surface area contributed by atoms with E-state index in [0.29, 0.717) is 41.9 Å². The van der Waals surface area contributed by atoms with E-state index >= 15 is 4.39 Å². The van der Waals surface area contributed by atoms with Crippen LogP contribution in [0.3, 0.4) is 0 Å². The van der Waals surface area contributed by atoms with Gasteiger partial charge in [0.2, 0.25) is 11.8 Å². The van der Waals surface area contributed by atoms with Crippen molar-refractivity contribution in [1.82, 2.24) is 9.97 Å². The number of aromatic nitrogens is 2. The number of hydrogen-bond donors (Lipinski definition) is 2. The van der Waals surface area contributed by atoms with Crippen molar-refractivity contribution in [3.05, 3.63) is 72.4 Å². The Morgan fingerprint density at radius 1 is 0.878 bits per heavy atom. The molecule has 0 unspecified atom stereocenters. The maximum atomic E-state index is 15.1. The average molecular weight is 565 g/mol. The van der Waals surface area contributed by atoms with Gasteiger partial charge in [-0.1, -0.05) is 0 Å². The van der Waals surface area contributed by atoms with Crippen LogP contribution in [0, 0.1) is 17.0 Å². The first-order chi connectivity index (χ1) is 19.8. The fourth-order valence-electron chi connectivity index (χ4n) is 4.08. The van der Waals surface area contributed by atoms with E-state index in [-0.39, 0.29) is 29.7 Å². The number of fused-ring (bicyclic) bond motifs is 1. The molecule has 2 N–H and O–H groups in total. The summed E-state index contributed by atoms with van der Waals surface area (Å²) in [5.74, 6) is -1.60. The second-order valence-electron chi connectivity index (χ2n) is 9.26. The van der Waals surface area contributed by atoms with Crippen molar-refractivity contribution < 1.29 is 37.3 Å². The van der Waals surface area contributed by atoms with Crippen molar-refractivity contribution >= 4 is 34.2 Å². The molecule has 0 spiro atoms. The van der Waals surface area contributed by atoms with Crippen LogP contribution in [0.4, 0.5) is 20.2 Å². The van der Waals surface area contributed by atoms with Gasteiger partial charge in [0.1, 0.15) is 23.4 Å². The van der Waals surface area contributed by atoms with E-state index in [4.69, 9.17) is 18.9 Å². The minimum Gasteiger partial charge on any atom is -0.485 e. The Bertz CT molecular complexity index is 1590. The topological polar surface area (TPSA) is 121 Å². The normalized spacial score (nSPS) is 13.4. The Kier molecular flexibility index (Phi) is 7.92. The molecular weight excluding hydrogens is 538 g/mol. The molecule has 2 aromatic carbocycles. The highest BCUT2D eigenvalue weighted by atomic mass is 19.1. The standard InChI is InChI=1S/C29H26F2N4O6/c1-38-13-14-40-24-16-21-25(35-26(24)39-2)23(9-12-32-21)41-22-8-7-19(15-20(22)31)34-28(37)29(10-11-29)27(36)33-18-5-3-17(30)4-6-18/h3-9,12,15-16H,10-11,13-14H2,1-2H3,(H,33,36)(H,34,37). The SMILES string of the molecule is COCCOc1cc2nccc(Oc3ccc(NC(=O)C4(C(=O)Nc5ccc(F)cc5)CC4)cc3F)c2nc1OC. The molecule has 4 aromatic rings. The van der Waals surface area contributed by atoms with Gasteiger partial charge in [-0.3, -0.25) is 14.6 Å². The van der Waals surface area contributed by atoms with Crippen molar-refractivity contribution in [3.63, 3.8) is 0 Å². The number of nitrogens with one attached hydrogen (secondary N) is 2. The molecule has 41 heavy (non-hydrogen) atoms. The predicted molar refractivity (Wildman–Crippen MR) is 145 cm³/mol. The molecule has 0 bridgehead atoms. The first-order valence-electron chi connectivity index (χ1n) is 12.6. The van der Waals surface area contributed by atoms with Gasteiger partial charge in [0.25, 0.3) is 5.88 Å². The van der Waals surface area contributed by atoms with Crippen LogP contribution in [0.25, 0.3) is 11.0 Å². The van der Waals surface area contributed by atoms with Gasteiger partial charge in [-0.25, -0.2) is 13.8 Å². The van der Waals surface area contributed by atoms with Crippen LogP contribution in [-0.4, -0.2) is 49.2 Å². The van der Waals surface area contributed by atoms with Gasteiger partial charge in [0, 0.05) is 42.9 Å². The van der Waals surface area contributed by atoms with Gasteiger partial charge < -0.3 is 29.6 Å². The number of anilines is 2. The van der Waals surface area contributed by atoms with Crippen LogP contribution in [0.5, 0.6) is 23.1 Å². The van der Waals surface area contributed by atoms with E-state index in [1.807, 2.05) is 0 Å². The molecule has 12 heteroatoms. The molecule has 0 aliphatic heterocycles. The Hall–Kier alpha value is -4.84. The van der Waals surface area contributed by atoms with Crippen LogP contribution in [0.15, 0.2) is 60.8 Å². The molecule has 2 heterocycles. The molecule has 0 radical (unpaired) electrons. The van der Waals surface area contributed by atoms with Crippen LogP contribution in [-0.2, 0) is 14.3 Å². The number of carbonyl (C=O) groups excluding carboxylic acids is 2. The predicted octanol–water partition coefficient (Wildman–Crippen LogP) is 5.09. The number of nitrogens with zero attached hydrogens (tertiary/aromatic N) is 2. The Morgan fingerprint density at radius 3 is 2.24 bits per heavy atom. The number of halogens is 2. The molecule has 0 saturated heterocycles. The van der Waals surface area contributed by atoms with E-state index in [0.717, 1.165) is 6.07 Å². The van der Waals surface area contributed by atoms with Gasteiger partial charge in [-0.15, -0.1) is 0 Å². The highest BCUT2D eigenvalue weighted by Gasteiger charge is 2.56. The zero-order chi connectivity index (χ0) is 29.0. The summed E-state index contributed by atoms with van der Waals surface area (Å²) >= 11 is 0. The average Bonchev–Trinajstić information content (AvgIpc) is 3.78. The second-order valence-corrected chi connectivity index (χ2v) is 9.26. The smallest absolute Gasteiger partial charge is 0.257 e. The summed E-state index contributed by atoms with van der Waals surface area (Å²) < 4.78 is 50.0. The first-order valence-corrected chi connectivity index (χ1v) is 12.6. The lowest BCUT2D eigenvalue weighted by molar-refractivity contribution is -0.131. The summed E-state index contributed by atoms with van der Waals surface area (Å²) in [5, 5.41) is 5.24. The van der Waals surface area contributed by atoms with E-state index in [9.17, 15) is 14.0 Å². The zero-order valence-electron chi connectivity index (χ0n) is 22.2. The Labute approximate surface area is 233 Å². The number of carbonyl (C=O) groups is 2. The molecule has 1 saturated carbocycles. The highest BCUT2D eigenvalue weighted by molar-refractivity contribution is 6.16. The number of methoxy groups -OCH3 is 2. The van der Waals surface area contributed by atoms with Crippen molar-refractivity contribution in [2.45, 2.75) is 12.8 Å². The number of rotatable bonds is 11. The number of hydrogen-bond acceptors (Lipinski definition) is 8. The molecule has 212 valence electrons. The highest BCUT2D eigenvalue weighted by Crippen LogP contribution is 2.47. The van der Waals surface area contributed by atoms with Gasteiger partial charge in [-0.05, 0) is 49.2 Å². The fourth-order valence-corrected chi connectivity index (χ4v) is 4.08. The van der Waals surface area contributed by atoms with Gasteiger partial charge in [-0.2, -0.15) is 0 Å². The minimum absolute atomic E-state index is 0.119. The monoisotopic (exact) mass is 564 g/mol. The molecule has 5 rings (SSSR count). The third kappa shape index (κ3) is 6.02. The lowest BCUT2D eigenvalue weighted by Crippen LogP contribution is -2.35. The summed E-state index contributed by atoms with van der Waals surface area (Å²) in [6.45, 7) is 0.655. The van der Waals surface area contributed by atoms with Crippen LogP contribution in [0.2, 0.25) is 0 Å². The molecule has 2 aromatic heterocycles. The molecular formula is C29H26F2N4O6. The minimum atomic E-state index is -1.28. The van der Waals surface area contributed by atoms with Crippen LogP contribution in [0.1, 0.15) is 12.8 Å². The fraction of sp³-hybridized carbons (Fsp3) is 0.241. The summed E-state index contributed by atoms with van der Waals surface area (Å²) in [7, 11) is 3.00. The number of benzene rings is 2. The quantitative estimate of drug-likeness (QED) is 0.191. The van der Waals surface area contributed by atoms with E-state index < -0.39 is 28.9 Å². The van der Waals surface area contributed by atoms with E-state index in [1.54, 1.807) is 13.2 Å². The maximum absolute atomic E-state index is 15.1. The van der Waals surface area contributed by atoms with Crippen molar-refractivity contribution in [1.29, 1.82) is 0 Å². The van der Waals surface area contributed by atoms with Crippen LogP contribution < -0.4 is 24.8 Å². The molecule has 2 amide bonds. The molecule has 1 aliphatic carbocycles. The van der Waals surface area contributed by atoms with Crippen molar-refractivity contribution in [2.24, 2.45) is 5.41 Å². The number of amides is 2. The van der Waals surface area contributed by atoms with Crippen LogP contribution >= 0.6 is 0 Å². The second kappa shape index (κ2) is 11.7. The zero-order valence-corrected chi connectivity index (χ0v) is 22.2. The summed E-state index contributed by atoms with van der Waals surface area (Å²) in [6.07, 6.45) is 2.16. The maximum Gasteiger partial charge on any atom is 0.257 e. The lowest BCUT2D eigenvalue weighted by atomic mass is 10.0. The summed E-state index contributed by atoms with van der Waals surface area (Å²) in [4.78, 5) is 34.5. The van der Waals surface area contributed by atoms with Gasteiger partial charge in [0.15, 0.2) is 23.1 Å². The van der Waals surface area contributed by atoms with E-state index in [1.165, 1.54) is 55.8 Å². The molecule has 1 fully saturated rings. The molecule has 10 nitrogen and oxygen atoms in total. The van der Waals surface area contributed by atoms with Crippen molar-refractivity contribution in [3.8, 4) is 23.1 Å². The summed E-state index contributed by atoms with van der Waals surface area (Å²) in [5.41, 5.74) is -0.00408. The summed E-state index contributed by atoms with van der Waals surface area (Å²) in [6, 6.07) is 12.3. The molecule has 1 aliphatic rings. The Morgan fingerprint density at radius 2 is 1.59 bits per heavy atom. The van der Waals surface area contributed by atoms with Crippen molar-refractivity contribution in [2.75, 3.05) is 38.1 Å². The van der Waals surface area contributed by atoms with E-state index in [2.05, 4.69) is 20.6 Å². The molecule has 0 atom stereocenters. The lowest BCUT2D eigenvalue weighted by Gasteiger charge is -2.16. The third-order valence-electron chi connectivity index (χ3n) is 6.48.